The van der Waals surface area contributed by atoms with E-state index < -0.39 is 6.10 Å². The maximum absolute atomic E-state index is 10.6. The summed E-state index contributed by atoms with van der Waals surface area (Å²) in [6, 6.07) is 9.57. The molecule has 0 amide bonds. The molecule has 3 nitrogen and oxygen atoms in total. The first-order valence-corrected chi connectivity index (χ1v) is 8.44. The second-order valence-electron chi connectivity index (χ2n) is 4.33. The number of aliphatic hydroxyl groups excluding tert-OH is 1. The van der Waals surface area contributed by atoms with Crippen molar-refractivity contribution < 1.29 is 9.84 Å². The summed E-state index contributed by atoms with van der Waals surface area (Å²) in [7, 11) is 1.63. The molecule has 2 rings (SSSR count). The quantitative estimate of drug-likeness (QED) is 0.766. The van der Waals surface area contributed by atoms with Crippen LogP contribution in [0.2, 0.25) is 0 Å². The summed E-state index contributed by atoms with van der Waals surface area (Å²) in [5.41, 5.74) is 6.85. The molecule has 0 radical (unpaired) electrons. The molecule has 1 aromatic carbocycles. The molecule has 0 bridgehead atoms. The molecule has 1 aromatic heterocycles. The molecule has 2 aromatic rings. The molecule has 3 N–H and O–H groups in total. The Kier molecular flexibility index (Phi) is 5.63. The lowest BCUT2D eigenvalue weighted by atomic mass is 9.92. The molecule has 0 aliphatic heterocycles. The molecule has 0 aliphatic carbocycles. The van der Waals surface area contributed by atoms with Crippen LogP contribution in [0.1, 0.15) is 22.5 Å². The number of nitrogens with two attached hydrogens (primary N) is 1. The summed E-state index contributed by atoms with van der Waals surface area (Å²) in [6.07, 6.45) is -0.624. The van der Waals surface area contributed by atoms with Crippen LogP contribution in [0.25, 0.3) is 0 Å². The van der Waals surface area contributed by atoms with Gasteiger partial charge in [-0.25, -0.2) is 0 Å². The fraction of sp³-hybridized carbons (Fsp3) is 0.286. The Bertz CT molecular complexity index is 552. The smallest absolute Gasteiger partial charge is 0.118 e. The fourth-order valence-corrected chi connectivity index (χ4v) is 4.15. The number of aliphatic hydroxyl groups is 1. The summed E-state index contributed by atoms with van der Waals surface area (Å²) >= 11 is 8.39. The molecule has 0 spiro atoms. The van der Waals surface area contributed by atoms with E-state index in [0.29, 0.717) is 6.54 Å². The second-order valence-corrected chi connectivity index (χ2v) is 7.59. The minimum Gasteiger partial charge on any atom is -0.497 e. The molecule has 108 valence electrons. The molecular weight excluding hydrogens is 406 g/mol. The van der Waals surface area contributed by atoms with Gasteiger partial charge in [-0.1, -0.05) is 12.1 Å². The van der Waals surface area contributed by atoms with Gasteiger partial charge in [-0.2, -0.15) is 0 Å². The number of rotatable bonds is 5. The van der Waals surface area contributed by atoms with Crippen molar-refractivity contribution in [1.82, 2.24) is 0 Å². The van der Waals surface area contributed by atoms with E-state index >= 15 is 0 Å². The normalized spacial score (nSPS) is 14.1. The molecule has 2 atom stereocenters. The molecule has 0 aliphatic rings. The number of thiophene rings is 1. The number of ether oxygens (including phenoxy) is 1. The topological polar surface area (TPSA) is 55.5 Å². The van der Waals surface area contributed by atoms with Crippen molar-refractivity contribution in [3.63, 3.8) is 0 Å². The summed E-state index contributed by atoms with van der Waals surface area (Å²) in [6.45, 7) is 0.376. The average molecular weight is 421 g/mol. The van der Waals surface area contributed by atoms with E-state index in [-0.39, 0.29) is 5.92 Å². The van der Waals surface area contributed by atoms with Crippen LogP contribution in [0.3, 0.4) is 0 Å². The van der Waals surface area contributed by atoms with Gasteiger partial charge in [-0.05, 0) is 55.6 Å². The number of methoxy groups -OCH3 is 1. The lowest BCUT2D eigenvalue weighted by Crippen LogP contribution is -2.19. The van der Waals surface area contributed by atoms with Gasteiger partial charge in [0.05, 0.1) is 17.0 Å². The van der Waals surface area contributed by atoms with Gasteiger partial charge in [0.1, 0.15) is 5.75 Å². The van der Waals surface area contributed by atoms with Gasteiger partial charge < -0.3 is 15.6 Å². The SMILES string of the molecule is COc1ccc(C(CN)C(O)c2cc(Br)c(Br)s2)cc1. The van der Waals surface area contributed by atoms with Crippen LogP contribution in [0.4, 0.5) is 0 Å². The Balaban J connectivity index is 2.26. The largest absolute Gasteiger partial charge is 0.497 e. The van der Waals surface area contributed by atoms with Gasteiger partial charge >= 0.3 is 0 Å². The van der Waals surface area contributed by atoms with Crippen molar-refractivity contribution in [3.8, 4) is 5.75 Å². The Labute approximate surface area is 139 Å². The molecule has 0 saturated heterocycles. The summed E-state index contributed by atoms with van der Waals surface area (Å²) in [5, 5.41) is 10.6. The van der Waals surface area contributed by atoms with E-state index in [0.717, 1.165) is 24.4 Å². The highest BCUT2D eigenvalue weighted by Gasteiger charge is 2.24. The van der Waals surface area contributed by atoms with Crippen molar-refractivity contribution in [2.75, 3.05) is 13.7 Å². The van der Waals surface area contributed by atoms with Crippen molar-refractivity contribution in [2.45, 2.75) is 12.0 Å². The lowest BCUT2D eigenvalue weighted by molar-refractivity contribution is 0.151. The Morgan fingerprint density at radius 3 is 2.40 bits per heavy atom. The average Bonchev–Trinajstić information content (AvgIpc) is 2.80. The molecule has 0 fully saturated rings. The minimum atomic E-state index is -0.624. The summed E-state index contributed by atoms with van der Waals surface area (Å²) in [5.74, 6) is 0.652. The van der Waals surface area contributed by atoms with Crippen LogP contribution in [0, 0.1) is 0 Å². The van der Waals surface area contributed by atoms with E-state index in [2.05, 4.69) is 31.9 Å². The van der Waals surface area contributed by atoms with Crippen molar-refractivity contribution in [3.05, 3.63) is 49.0 Å². The van der Waals surface area contributed by atoms with Gasteiger partial charge in [0.15, 0.2) is 0 Å². The minimum absolute atomic E-state index is 0.140. The zero-order chi connectivity index (χ0) is 14.7. The lowest BCUT2D eigenvalue weighted by Gasteiger charge is -2.21. The predicted octanol–water partition coefficient (Wildman–Crippen LogP) is 4.06. The van der Waals surface area contributed by atoms with Crippen LogP contribution >= 0.6 is 43.2 Å². The van der Waals surface area contributed by atoms with Crippen molar-refractivity contribution in [1.29, 1.82) is 0 Å². The zero-order valence-electron chi connectivity index (χ0n) is 10.8. The van der Waals surface area contributed by atoms with Gasteiger partial charge in [0.2, 0.25) is 0 Å². The maximum Gasteiger partial charge on any atom is 0.118 e. The number of benzene rings is 1. The number of hydrogen-bond donors (Lipinski definition) is 2. The van der Waals surface area contributed by atoms with Crippen LogP contribution in [-0.2, 0) is 0 Å². The third-order valence-electron chi connectivity index (χ3n) is 3.13. The summed E-state index contributed by atoms with van der Waals surface area (Å²) < 4.78 is 7.06. The fourth-order valence-electron chi connectivity index (χ4n) is 2.01. The Morgan fingerprint density at radius 1 is 1.30 bits per heavy atom. The standard InChI is InChI=1S/C14H15Br2NO2S/c1-19-9-4-2-8(3-5-9)10(7-17)13(18)12-6-11(15)14(16)20-12/h2-6,10,13,18H,7,17H2,1H3. The van der Waals surface area contributed by atoms with E-state index in [4.69, 9.17) is 10.5 Å². The molecular formula is C14H15Br2NO2S. The van der Waals surface area contributed by atoms with Crippen LogP contribution < -0.4 is 10.5 Å². The maximum atomic E-state index is 10.6. The monoisotopic (exact) mass is 419 g/mol. The highest BCUT2D eigenvalue weighted by atomic mass is 79.9. The zero-order valence-corrected chi connectivity index (χ0v) is 14.8. The highest BCUT2D eigenvalue weighted by Crippen LogP contribution is 2.40. The van der Waals surface area contributed by atoms with Gasteiger partial charge in [0, 0.05) is 21.8 Å². The van der Waals surface area contributed by atoms with Crippen molar-refractivity contribution >= 4 is 43.2 Å². The first kappa shape index (κ1) is 16.0. The third kappa shape index (κ3) is 3.43. The van der Waals surface area contributed by atoms with E-state index in [9.17, 15) is 5.11 Å². The van der Waals surface area contributed by atoms with Gasteiger partial charge in [-0.15, -0.1) is 11.3 Å². The molecule has 20 heavy (non-hydrogen) atoms. The summed E-state index contributed by atoms with van der Waals surface area (Å²) in [4.78, 5) is 0.884. The van der Waals surface area contributed by atoms with E-state index in [1.54, 1.807) is 7.11 Å². The Hall–Kier alpha value is -0.400. The highest BCUT2D eigenvalue weighted by molar-refractivity contribution is 9.13. The van der Waals surface area contributed by atoms with E-state index in [1.165, 1.54) is 11.3 Å². The number of halogens is 2. The predicted molar refractivity (Wildman–Crippen MR) is 89.5 cm³/mol. The van der Waals surface area contributed by atoms with Crippen LogP contribution in [-0.4, -0.2) is 18.8 Å². The van der Waals surface area contributed by atoms with E-state index in [1.807, 2.05) is 30.3 Å². The first-order valence-electron chi connectivity index (χ1n) is 6.03. The molecule has 0 saturated carbocycles. The number of hydrogen-bond acceptors (Lipinski definition) is 4. The third-order valence-corrected chi connectivity index (χ3v) is 6.46. The van der Waals surface area contributed by atoms with Crippen LogP contribution in [0.15, 0.2) is 38.6 Å². The first-order chi connectivity index (χ1) is 9.56. The molecule has 2 unspecified atom stereocenters. The molecule has 1 heterocycles. The van der Waals surface area contributed by atoms with Gasteiger partial charge in [-0.3, -0.25) is 0 Å². The Morgan fingerprint density at radius 2 is 1.95 bits per heavy atom. The molecule has 6 heteroatoms. The van der Waals surface area contributed by atoms with Gasteiger partial charge in [0.25, 0.3) is 0 Å². The second kappa shape index (κ2) is 7.04. The van der Waals surface area contributed by atoms with Crippen molar-refractivity contribution in [2.24, 2.45) is 5.73 Å². The van der Waals surface area contributed by atoms with Crippen LogP contribution in [0.5, 0.6) is 5.75 Å².